The largest absolute Gasteiger partial charge is 0.490 e. The summed E-state index contributed by atoms with van der Waals surface area (Å²) in [4.78, 5) is 0. The third kappa shape index (κ3) is 4.73. The highest BCUT2D eigenvalue weighted by molar-refractivity contribution is 5.38. The summed E-state index contributed by atoms with van der Waals surface area (Å²) in [5.74, 6) is 0.891. The molecule has 0 spiro atoms. The van der Waals surface area contributed by atoms with Crippen LogP contribution in [-0.4, -0.2) is 48.3 Å². The van der Waals surface area contributed by atoms with Gasteiger partial charge in [-0.1, -0.05) is 12.1 Å². The third-order valence-electron chi connectivity index (χ3n) is 5.41. The Morgan fingerprint density at radius 2 is 1.84 bits per heavy atom. The van der Waals surface area contributed by atoms with Gasteiger partial charge in [-0.05, 0) is 49.8 Å². The molecule has 0 amide bonds. The maximum Gasteiger partial charge on any atom is 0.122 e. The lowest BCUT2D eigenvalue weighted by atomic mass is 9.94. The fourth-order valence-corrected chi connectivity index (χ4v) is 3.83. The van der Waals surface area contributed by atoms with E-state index in [9.17, 15) is 10.2 Å². The van der Waals surface area contributed by atoms with Crippen molar-refractivity contribution < 1.29 is 24.4 Å². The molecule has 1 saturated carbocycles. The Labute approximate surface area is 149 Å². The van der Waals surface area contributed by atoms with E-state index in [1.807, 2.05) is 25.1 Å². The average Bonchev–Trinajstić information content (AvgIpc) is 2.63. The number of aryl methyl sites for hydroxylation is 1. The predicted molar refractivity (Wildman–Crippen MR) is 94.8 cm³/mol. The summed E-state index contributed by atoms with van der Waals surface area (Å²) in [5.41, 5.74) is 2.11. The summed E-state index contributed by atoms with van der Waals surface area (Å²) >= 11 is 0. The molecule has 2 N–H and O–H groups in total. The van der Waals surface area contributed by atoms with E-state index >= 15 is 0 Å². The molecule has 5 heteroatoms. The fraction of sp³-hybridized carbons (Fsp3) is 0.700. The lowest BCUT2D eigenvalue weighted by Crippen LogP contribution is -2.33. The van der Waals surface area contributed by atoms with Crippen LogP contribution in [0.1, 0.15) is 55.8 Å². The monoisotopic (exact) mass is 350 g/mol. The molecule has 0 bridgehead atoms. The van der Waals surface area contributed by atoms with Crippen LogP contribution in [0.3, 0.4) is 0 Å². The SMILES string of the molecule is COC1CCC(Oc2cc(C3CC(O)CC(CO)O3)ccc2C)CC1. The Hall–Kier alpha value is -1.14. The fourth-order valence-electron chi connectivity index (χ4n) is 3.83. The Morgan fingerprint density at radius 3 is 2.52 bits per heavy atom. The molecule has 1 saturated heterocycles. The molecule has 25 heavy (non-hydrogen) atoms. The first-order valence-corrected chi connectivity index (χ1v) is 9.33. The molecule has 2 aliphatic rings. The molecule has 3 rings (SSSR count). The zero-order valence-corrected chi connectivity index (χ0v) is 15.2. The smallest absolute Gasteiger partial charge is 0.122 e. The summed E-state index contributed by atoms with van der Waals surface area (Å²) in [7, 11) is 1.78. The minimum absolute atomic E-state index is 0.0640. The molecular weight excluding hydrogens is 320 g/mol. The van der Waals surface area contributed by atoms with Crippen molar-refractivity contribution in [2.24, 2.45) is 0 Å². The number of aliphatic hydroxyl groups is 2. The second-order valence-corrected chi connectivity index (χ2v) is 7.33. The van der Waals surface area contributed by atoms with Gasteiger partial charge in [0.15, 0.2) is 0 Å². The van der Waals surface area contributed by atoms with Crippen LogP contribution in [0.4, 0.5) is 0 Å². The zero-order valence-electron chi connectivity index (χ0n) is 15.2. The van der Waals surface area contributed by atoms with Crippen LogP contribution >= 0.6 is 0 Å². The minimum Gasteiger partial charge on any atom is -0.490 e. The minimum atomic E-state index is -0.439. The Balaban J connectivity index is 1.68. The first kappa shape index (κ1) is 18.6. The van der Waals surface area contributed by atoms with E-state index in [4.69, 9.17) is 14.2 Å². The van der Waals surface area contributed by atoms with Crippen molar-refractivity contribution in [3.05, 3.63) is 29.3 Å². The summed E-state index contributed by atoms with van der Waals surface area (Å²) in [6.45, 7) is 1.98. The molecule has 1 aromatic carbocycles. The van der Waals surface area contributed by atoms with Crippen LogP contribution in [0, 0.1) is 6.92 Å². The van der Waals surface area contributed by atoms with Crippen molar-refractivity contribution in [2.45, 2.75) is 76.0 Å². The Bertz CT molecular complexity index is 553. The lowest BCUT2D eigenvalue weighted by molar-refractivity contribution is -0.113. The molecule has 3 atom stereocenters. The summed E-state index contributed by atoms with van der Waals surface area (Å²) in [5, 5.41) is 19.4. The number of hydrogen-bond donors (Lipinski definition) is 2. The summed E-state index contributed by atoms with van der Waals surface area (Å²) < 4.78 is 17.6. The third-order valence-corrected chi connectivity index (χ3v) is 5.41. The van der Waals surface area contributed by atoms with Crippen LogP contribution in [0.25, 0.3) is 0 Å². The molecule has 3 unspecified atom stereocenters. The average molecular weight is 350 g/mol. The lowest BCUT2D eigenvalue weighted by Gasteiger charge is -2.33. The molecule has 0 radical (unpaired) electrons. The van der Waals surface area contributed by atoms with Crippen LogP contribution in [0.5, 0.6) is 5.75 Å². The molecular formula is C20H30O5. The highest BCUT2D eigenvalue weighted by Gasteiger charge is 2.29. The first-order valence-electron chi connectivity index (χ1n) is 9.33. The van der Waals surface area contributed by atoms with Gasteiger partial charge in [0.2, 0.25) is 0 Å². The van der Waals surface area contributed by atoms with Crippen molar-refractivity contribution >= 4 is 0 Å². The van der Waals surface area contributed by atoms with Gasteiger partial charge in [0.05, 0.1) is 37.1 Å². The topological polar surface area (TPSA) is 68.2 Å². The maximum atomic E-state index is 10.0. The Kier molecular flexibility index (Phi) is 6.34. The van der Waals surface area contributed by atoms with E-state index in [0.717, 1.165) is 42.6 Å². The molecule has 1 aromatic rings. The zero-order chi connectivity index (χ0) is 17.8. The molecule has 1 aliphatic heterocycles. The summed E-state index contributed by atoms with van der Waals surface area (Å²) in [6, 6.07) is 6.11. The highest BCUT2D eigenvalue weighted by atomic mass is 16.5. The van der Waals surface area contributed by atoms with Crippen LogP contribution < -0.4 is 4.74 Å². The van der Waals surface area contributed by atoms with Gasteiger partial charge in [0.25, 0.3) is 0 Å². The number of ether oxygens (including phenoxy) is 3. The second kappa shape index (κ2) is 8.49. The highest BCUT2D eigenvalue weighted by Crippen LogP contribution is 2.35. The van der Waals surface area contributed by atoms with Gasteiger partial charge in [-0.15, -0.1) is 0 Å². The molecule has 0 aromatic heterocycles. The van der Waals surface area contributed by atoms with Crippen LogP contribution in [0.15, 0.2) is 18.2 Å². The van der Waals surface area contributed by atoms with Crippen LogP contribution in [-0.2, 0) is 9.47 Å². The number of hydrogen-bond acceptors (Lipinski definition) is 5. The molecule has 1 heterocycles. The van der Waals surface area contributed by atoms with E-state index < -0.39 is 6.10 Å². The molecule has 5 nitrogen and oxygen atoms in total. The van der Waals surface area contributed by atoms with Gasteiger partial charge >= 0.3 is 0 Å². The van der Waals surface area contributed by atoms with Gasteiger partial charge in [-0.25, -0.2) is 0 Å². The van der Waals surface area contributed by atoms with Crippen LogP contribution in [0.2, 0.25) is 0 Å². The summed E-state index contributed by atoms with van der Waals surface area (Å²) in [6.07, 6.45) is 4.78. The van der Waals surface area contributed by atoms with Crippen molar-refractivity contribution in [2.75, 3.05) is 13.7 Å². The number of benzene rings is 1. The molecule has 140 valence electrons. The number of rotatable bonds is 5. The van der Waals surface area contributed by atoms with Crippen molar-refractivity contribution in [3.8, 4) is 5.75 Å². The van der Waals surface area contributed by atoms with Crippen molar-refractivity contribution in [3.63, 3.8) is 0 Å². The molecule has 2 fully saturated rings. The van der Waals surface area contributed by atoms with E-state index in [1.54, 1.807) is 7.11 Å². The Morgan fingerprint density at radius 1 is 1.12 bits per heavy atom. The number of aliphatic hydroxyl groups excluding tert-OH is 2. The van der Waals surface area contributed by atoms with Crippen molar-refractivity contribution in [1.29, 1.82) is 0 Å². The van der Waals surface area contributed by atoms with Gasteiger partial charge in [-0.3, -0.25) is 0 Å². The normalized spacial score (nSPS) is 33.2. The van der Waals surface area contributed by atoms with E-state index in [-0.39, 0.29) is 24.9 Å². The molecule has 1 aliphatic carbocycles. The predicted octanol–water partition coefficient (Wildman–Crippen LogP) is 2.90. The second-order valence-electron chi connectivity index (χ2n) is 7.33. The number of methoxy groups -OCH3 is 1. The van der Waals surface area contributed by atoms with E-state index in [1.165, 1.54) is 0 Å². The van der Waals surface area contributed by atoms with Gasteiger partial charge in [0.1, 0.15) is 5.75 Å². The quantitative estimate of drug-likeness (QED) is 0.855. The van der Waals surface area contributed by atoms with Gasteiger partial charge in [0, 0.05) is 20.0 Å². The van der Waals surface area contributed by atoms with Crippen molar-refractivity contribution in [1.82, 2.24) is 0 Å². The van der Waals surface area contributed by atoms with Gasteiger partial charge in [-0.2, -0.15) is 0 Å². The van der Waals surface area contributed by atoms with E-state index in [2.05, 4.69) is 0 Å². The standard InChI is InChI=1S/C20H30O5/c1-13-3-4-14(20-11-15(22)10-18(12-21)25-20)9-19(13)24-17-7-5-16(23-2)6-8-17/h3-4,9,15-18,20-22H,5-8,10-12H2,1-2H3. The maximum absolute atomic E-state index is 10.0. The first-order chi connectivity index (χ1) is 12.1. The van der Waals surface area contributed by atoms with Gasteiger partial charge < -0.3 is 24.4 Å². The van der Waals surface area contributed by atoms with E-state index in [0.29, 0.717) is 18.9 Å².